The summed E-state index contributed by atoms with van der Waals surface area (Å²) in [6.45, 7) is 5.20. The average molecular weight is 292 g/mol. The number of nitrogens with one attached hydrogen (secondary N) is 1. The number of aromatic nitrogens is 1. The van der Waals surface area contributed by atoms with E-state index in [-0.39, 0.29) is 0 Å². The van der Waals surface area contributed by atoms with Crippen LogP contribution < -0.4 is 14.8 Å². The molecule has 1 atom stereocenters. The quantitative estimate of drug-likeness (QED) is 0.885. The third kappa shape index (κ3) is 3.11. The lowest BCUT2D eigenvalue weighted by molar-refractivity contribution is 0.355. The van der Waals surface area contributed by atoms with Gasteiger partial charge in [0.05, 0.1) is 14.2 Å². The number of nitrogens with zero attached hydrogens (tertiary/aromatic N) is 1. The monoisotopic (exact) mass is 292 g/mol. The van der Waals surface area contributed by atoms with Gasteiger partial charge in [-0.1, -0.05) is 6.92 Å². The van der Waals surface area contributed by atoms with Crippen LogP contribution in [-0.4, -0.2) is 25.7 Å². The highest BCUT2D eigenvalue weighted by Gasteiger charge is 2.12. The third-order valence-corrected chi connectivity index (χ3v) is 4.32. The summed E-state index contributed by atoms with van der Waals surface area (Å²) in [6, 6.07) is 6.19. The Morgan fingerprint density at radius 1 is 1.25 bits per heavy atom. The molecule has 5 heteroatoms. The van der Waals surface area contributed by atoms with Crippen LogP contribution in [0.4, 0.5) is 0 Å². The molecule has 2 aromatic rings. The molecule has 1 aromatic carbocycles. The molecule has 0 amide bonds. The lowest BCUT2D eigenvalue weighted by Crippen LogP contribution is -2.16. The van der Waals surface area contributed by atoms with Crippen molar-refractivity contribution in [1.29, 1.82) is 0 Å². The van der Waals surface area contributed by atoms with Gasteiger partial charge >= 0.3 is 0 Å². The molecule has 0 saturated heterocycles. The molecule has 0 aliphatic carbocycles. The first-order chi connectivity index (χ1) is 9.69. The minimum absolute atomic E-state index is 0.325. The highest BCUT2D eigenvalue weighted by molar-refractivity contribution is 7.15. The Bertz CT molecular complexity index is 569. The topological polar surface area (TPSA) is 43.4 Å². The number of rotatable bonds is 6. The molecule has 1 aromatic heterocycles. The van der Waals surface area contributed by atoms with Crippen LogP contribution in [0.3, 0.4) is 0 Å². The van der Waals surface area contributed by atoms with Gasteiger partial charge < -0.3 is 14.8 Å². The Morgan fingerprint density at radius 2 is 2.00 bits per heavy atom. The van der Waals surface area contributed by atoms with Gasteiger partial charge in [0.1, 0.15) is 5.01 Å². The summed E-state index contributed by atoms with van der Waals surface area (Å²) >= 11 is 1.70. The molecule has 1 unspecified atom stereocenters. The summed E-state index contributed by atoms with van der Waals surface area (Å²) in [5.41, 5.74) is 1.04. The van der Waals surface area contributed by atoms with Crippen molar-refractivity contribution in [3.05, 3.63) is 29.3 Å². The zero-order chi connectivity index (χ0) is 14.5. The normalized spacial score (nSPS) is 12.2. The minimum Gasteiger partial charge on any atom is -0.493 e. The van der Waals surface area contributed by atoms with E-state index < -0.39 is 0 Å². The van der Waals surface area contributed by atoms with E-state index in [1.54, 1.807) is 25.6 Å². The van der Waals surface area contributed by atoms with Crippen molar-refractivity contribution in [2.24, 2.45) is 0 Å². The van der Waals surface area contributed by atoms with Gasteiger partial charge in [0, 0.05) is 22.7 Å². The van der Waals surface area contributed by atoms with Crippen LogP contribution in [0.1, 0.15) is 24.8 Å². The molecule has 108 valence electrons. The second-order valence-electron chi connectivity index (χ2n) is 4.42. The number of ether oxygens (including phenoxy) is 2. The van der Waals surface area contributed by atoms with Crippen molar-refractivity contribution in [2.75, 3.05) is 20.8 Å². The standard InChI is InChI=1S/C15H20N2O2S/c1-5-16-10(2)14-9-17-15(20-14)11-6-7-12(18-3)13(8-11)19-4/h6-10,16H,5H2,1-4H3. The Labute approximate surface area is 123 Å². The fourth-order valence-corrected chi connectivity index (χ4v) is 2.94. The number of hydrogen-bond acceptors (Lipinski definition) is 5. The second kappa shape index (κ2) is 6.72. The van der Waals surface area contributed by atoms with Crippen molar-refractivity contribution in [3.63, 3.8) is 0 Å². The summed E-state index contributed by atoms with van der Waals surface area (Å²) < 4.78 is 10.6. The van der Waals surface area contributed by atoms with E-state index in [1.807, 2.05) is 24.4 Å². The molecule has 0 aliphatic rings. The maximum atomic E-state index is 5.33. The highest BCUT2D eigenvalue weighted by atomic mass is 32.1. The van der Waals surface area contributed by atoms with Crippen LogP contribution in [0.25, 0.3) is 10.6 Å². The summed E-state index contributed by atoms with van der Waals surface area (Å²) in [5, 5.41) is 4.38. The lowest BCUT2D eigenvalue weighted by atomic mass is 10.2. The molecule has 1 N–H and O–H groups in total. The molecule has 0 bridgehead atoms. The van der Waals surface area contributed by atoms with Gasteiger partial charge in [-0.2, -0.15) is 0 Å². The highest BCUT2D eigenvalue weighted by Crippen LogP contribution is 2.35. The smallest absolute Gasteiger partial charge is 0.161 e. The number of thiazole rings is 1. The van der Waals surface area contributed by atoms with Crippen molar-refractivity contribution >= 4 is 11.3 Å². The zero-order valence-electron chi connectivity index (χ0n) is 12.3. The minimum atomic E-state index is 0.325. The van der Waals surface area contributed by atoms with Crippen LogP contribution in [0.2, 0.25) is 0 Å². The molecule has 2 rings (SSSR count). The van der Waals surface area contributed by atoms with Crippen molar-refractivity contribution in [1.82, 2.24) is 10.3 Å². The van der Waals surface area contributed by atoms with Gasteiger partial charge in [-0.3, -0.25) is 0 Å². The fourth-order valence-electron chi connectivity index (χ4n) is 2.00. The molecule has 0 radical (unpaired) electrons. The van der Waals surface area contributed by atoms with Gasteiger partial charge in [-0.05, 0) is 31.7 Å². The van der Waals surface area contributed by atoms with Crippen LogP contribution >= 0.6 is 11.3 Å². The predicted octanol–water partition coefficient (Wildman–Crippen LogP) is 3.50. The first-order valence-electron chi connectivity index (χ1n) is 6.61. The maximum absolute atomic E-state index is 5.33. The summed E-state index contributed by atoms with van der Waals surface area (Å²) in [4.78, 5) is 5.74. The Kier molecular flexibility index (Phi) is 4.98. The molecule has 0 spiro atoms. The number of hydrogen-bond donors (Lipinski definition) is 1. The van der Waals surface area contributed by atoms with Crippen LogP contribution in [0, 0.1) is 0 Å². The van der Waals surface area contributed by atoms with Crippen molar-refractivity contribution < 1.29 is 9.47 Å². The van der Waals surface area contributed by atoms with Gasteiger partial charge in [0.15, 0.2) is 11.5 Å². The van der Waals surface area contributed by atoms with Crippen molar-refractivity contribution in [2.45, 2.75) is 19.9 Å². The Hall–Kier alpha value is -1.59. The van der Waals surface area contributed by atoms with Gasteiger partial charge in [0.2, 0.25) is 0 Å². The molecule has 0 fully saturated rings. The maximum Gasteiger partial charge on any atom is 0.161 e. The van der Waals surface area contributed by atoms with E-state index in [4.69, 9.17) is 9.47 Å². The molecular formula is C15H20N2O2S. The van der Waals surface area contributed by atoms with E-state index >= 15 is 0 Å². The lowest BCUT2D eigenvalue weighted by Gasteiger charge is -2.09. The summed E-state index contributed by atoms with van der Waals surface area (Å²) in [6.07, 6.45) is 1.93. The van der Waals surface area contributed by atoms with Gasteiger partial charge in [0.25, 0.3) is 0 Å². The van der Waals surface area contributed by atoms with Crippen molar-refractivity contribution in [3.8, 4) is 22.1 Å². The first kappa shape index (κ1) is 14.8. The predicted molar refractivity (Wildman–Crippen MR) is 82.7 cm³/mol. The summed E-state index contributed by atoms with van der Waals surface area (Å²) in [5.74, 6) is 1.45. The number of benzene rings is 1. The van der Waals surface area contributed by atoms with Crippen LogP contribution in [0.15, 0.2) is 24.4 Å². The zero-order valence-corrected chi connectivity index (χ0v) is 13.1. The molecular weight excluding hydrogens is 272 g/mol. The van der Waals surface area contributed by atoms with Gasteiger partial charge in [-0.25, -0.2) is 4.98 Å². The van der Waals surface area contributed by atoms with E-state index in [2.05, 4.69) is 24.1 Å². The van der Waals surface area contributed by atoms with Crippen LogP contribution in [-0.2, 0) is 0 Å². The van der Waals surface area contributed by atoms with E-state index in [1.165, 1.54) is 4.88 Å². The van der Waals surface area contributed by atoms with E-state index in [0.29, 0.717) is 6.04 Å². The summed E-state index contributed by atoms with van der Waals surface area (Å²) in [7, 11) is 3.28. The fraction of sp³-hybridized carbons (Fsp3) is 0.400. The van der Waals surface area contributed by atoms with Gasteiger partial charge in [-0.15, -0.1) is 11.3 Å². The van der Waals surface area contributed by atoms with Crippen LogP contribution in [0.5, 0.6) is 11.5 Å². The molecule has 1 heterocycles. The third-order valence-electron chi connectivity index (χ3n) is 3.09. The SMILES string of the molecule is CCNC(C)c1cnc(-c2ccc(OC)c(OC)c2)s1. The molecule has 4 nitrogen and oxygen atoms in total. The Morgan fingerprint density at radius 3 is 2.65 bits per heavy atom. The largest absolute Gasteiger partial charge is 0.493 e. The molecule has 20 heavy (non-hydrogen) atoms. The molecule has 0 saturated carbocycles. The second-order valence-corrected chi connectivity index (χ2v) is 5.48. The molecule has 0 aliphatic heterocycles. The van der Waals surface area contributed by atoms with E-state index in [9.17, 15) is 0 Å². The Balaban J connectivity index is 2.28. The first-order valence-corrected chi connectivity index (χ1v) is 7.42. The number of methoxy groups -OCH3 is 2. The van der Waals surface area contributed by atoms with E-state index in [0.717, 1.165) is 28.6 Å². The average Bonchev–Trinajstić information content (AvgIpc) is 2.96.